The quantitative estimate of drug-likeness (QED) is 0.254. The minimum absolute atomic E-state index is 0.0683. The van der Waals surface area contributed by atoms with Crippen molar-refractivity contribution in [3.8, 4) is 5.75 Å². The molecule has 0 radical (unpaired) electrons. The third kappa shape index (κ3) is 5.67. The number of esters is 1. The average molecular weight is 475 g/mol. The first-order chi connectivity index (χ1) is 16.8. The van der Waals surface area contributed by atoms with Gasteiger partial charge in [0.1, 0.15) is 11.8 Å². The number of anilines is 1. The number of hydrogen-bond donors (Lipinski definition) is 0. The third-order valence-corrected chi connectivity index (χ3v) is 6.44. The van der Waals surface area contributed by atoms with Gasteiger partial charge in [0.25, 0.3) is 11.8 Å². The van der Waals surface area contributed by atoms with E-state index < -0.39 is 17.9 Å². The predicted octanol–water partition coefficient (Wildman–Crippen LogP) is 4.59. The second-order valence-electron chi connectivity index (χ2n) is 9.10. The fraction of sp³-hybridized carbons (Fsp3) is 0.357. The fourth-order valence-electron chi connectivity index (χ4n) is 4.70. The van der Waals surface area contributed by atoms with E-state index in [0.29, 0.717) is 30.0 Å². The molecule has 1 atom stereocenters. The monoisotopic (exact) mass is 474 g/mol. The zero-order valence-electron chi connectivity index (χ0n) is 20.2. The lowest BCUT2D eigenvalue weighted by molar-refractivity contribution is -0.132. The van der Waals surface area contributed by atoms with Gasteiger partial charge in [-0.1, -0.05) is 29.3 Å². The second-order valence-corrected chi connectivity index (χ2v) is 9.10. The molecule has 1 aliphatic heterocycles. The van der Waals surface area contributed by atoms with Crippen LogP contribution in [0.1, 0.15) is 61.4 Å². The maximum absolute atomic E-state index is 13.6. The zero-order valence-corrected chi connectivity index (χ0v) is 20.2. The van der Waals surface area contributed by atoms with Gasteiger partial charge in [-0.25, -0.2) is 4.90 Å². The molecule has 4 rings (SSSR count). The van der Waals surface area contributed by atoms with Crippen LogP contribution in [0.3, 0.4) is 0 Å². The number of rotatable bonds is 7. The minimum atomic E-state index is -0.868. The number of benzene rings is 2. The van der Waals surface area contributed by atoms with Crippen molar-refractivity contribution in [2.24, 2.45) is 0 Å². The first kappa shape index (κ1) is 24.4. The summed E-state index contributed by atoms with van der Waals surface area (Å²) in [7, 11) is 0. The van der Waals surface area contributed by atoms with E-state index in [1.54, 1.807) is 23.1 Å². The Morgan fingerprint density at radius 1 is 1.09 bits per heavy atom. The summed E-state index contributed by atoms with van der Waals surface area (Å²) >= 11 is 0. The van der Waals surface area contributed by atoms with Crippen molar-refractivity contribution in [3.63, 3.8) is 0 Å². The Labute approximate surface area is 205 Å². The maximum Gasteiger partial charge on any atom is 0.308 e. The largest absolute Gasteiger partial charge is 0.427 e. The van der Waals surface area contributed by atoms with Crippen molar-refractivity contribution in [1.29, 1.82) is 0 Å². The fourth-order valence-corrected chi connectivity index (χ4v) is 4.70. The molecule has 2 aromatic rings. The molecule has 7 heteroatoms. The van der Waals surface area contributed by atoms with Gasteiger partial charge in [-0.3, -0.25) is 19.2 Å². The number of ether oxygens (including phenoxy) is 1. The molecule has 0 spiro atoms. The van der Waals surface area contributed by atoms with Crippen LogP contribution in [-0.4, -0.2) is 41.2 Å². The summed E-state index contributed by atoms with van der Waals surface area (Å²) in [5.41, 5.74) is 3.14. The number of aryl methyl sites for hydroxylation is 1. The van der Waals surface area contributed by atoms with Gasteiger partial charge in [0.05, 0.1) is 12.1 Å². The smallest absolute Gasteiger partial charge is 0.308 e. The molecule has 2 aliphatic rings. The molecule has 35 heavy (non-hydrogen) atoms. The van der Waals surface area contributed by atoms with Crippen molar-refractivity contribution < 1.29 is 23.9 Å². The Morgan fingerprint density at radius 2 is 1.86 bits per heavy atom. The van der Waals surface area contributed by atoms with Crippen LogP contribution in [0.2, 0.25) is 0 Å². The van der Waals surface area contributed by atoms with Gasteiger partial charge >= 0.3 is 5.97 Å². The molecule has 1 heterocycles. The number of hydrogen-bond acceptors (Lipinski definition) is 5. The summed E-state index contributed by atoms with van der Waals surface area (Å²) < 4.78 is 5.04. The van der Waals surface area contributed by atoms with Crippen LogP contribution in [0.15, 0.2) is 60.2 Å². The molecule has 0 bridgehead atoms. The summed E-state index contributed by atoms with van der Waals surface area (Å²) in [6.07, 6.45) is 7.21. The second kappa shape index (κ2) is 10.7. The van der Waals surface area contributed by atoms with E-state index in [1.165, 1.54) is 31.1 Å². The van der Waals surface area contributed by atoms with Gasteiger partial charge in [0.15, 0.2) is 0 Å². The van der Waals surface area contributed by atoms with E-state index in [-0.39, 0.29) is 18.2 Å². The molecule has 1 unspecified atom stereocenters. The summed E-state index contributed by atoms with van der Waals surface area (Å²) in [6.45, 7) is 3.59. The Kier molecular flexibility index (Phi) is 7.44. The SMILES string of the molecule is CC(=O)Oc1ccc(N2C(=O)CC(N(CCC3=CCCCC3)C(=O)c3cccc(C)c3)C2=O)cc1. The summed E-state index contributed by atoms with van der Waals surface area (Å²) in [4.78, 5) is 53.9. The molecular weight excluding hydrogens is 444 g/mol. The molecule has 2 aromatic carbocycles. The average Bonchev–Trinajstić information content (AvgIpc) is 3.13. The van der Waals surface area contributed by atoms with Crippen LogP contribution in [0.5, 0.6) is 5.75 Å². The first-order valence-electron chi connectivity index (χ1n) is 12.0. The molecule has 0 N–H and O–H groups in total. The molecule has 3 amide bonds. The molecule has 0 saturated carbocycles. The Morgan fingerprint density at radius 3 is 2.51 bits per heavy atom. The van der Waals surface area contributed by atoms with Gasteiger partial charge < -0.3 is 9.64 Å². The van der Waals surface area contributed by atoms with Gasteiger partial charge in [0.2, 0.25) is 5.91 Å². The van der Waals surface area contributed by atoms with Crippen LogP contribution >= 0.6 is 0 Å². The van der Waals surface area contributed by atoms with E-state index in [0.717, 1.165) is 29.7 Å². The molecular formula is C28H30N2O5. The summed E-state index contributed by atoms with van der Waals surface area (Å²) in [5.74, 6) is -1.16. The van der Waals surface area contributed by atoms with E-state index in [9.17, 15) is 19.2 Å². The predicted molar refractivity (Wildman–Crippen MR) is 132 cm³/mol. The number of carbonyl (C=O) groups excluding carboxylic acids is 4. The molecule has 1 saturated heterocycles. The van der Waals surface area contributed by atoms with Crippen molar-refractivity contribution in [2.75, 3.05) is 11.4 Å². The van der Waals surface area contributed by atoms with Crippen molar-refractivity contribution >= 4 is 29.4 Å². The number of amides is 3. The van der Waals surface area contributed by atoms with E-state index in [2.05, 4.69) is 6.08 Å². The lowest BCUT2D eigenvalue weighted by atomic mass is 9.96. The van der Waals surface area contributed by atoms with Crippen molar-refractivity contribution in [2.45, 2.75) is 58.4 Å². The standard InChI is InChI=1S/C28H30N2O5/c1-19-7-6-10-22(17-19)27(33)29(16-15-21-8-4-3-5-9-21)25-18-26(32)30(28(25)34)23-11-13-24(14-12-23)35-20(2)31/h6-8,10-14,17,25H,3-5,9,15-16,18H2,1-2H3. The maximum atomic E-state index is 13.6. The van der Waals surface area contributed by atoms with Gasteiger partial charge in [-0.05, 0) is 75.4 Å². The Balaban J connectivity index is 1.59. The van der Waals surface area contributed by atoms with Crippen LogP contribution in [-0.2, 0) is 14.4 Å². The van der Waals surface area contributed by atoms with E-state index in [1.807, 2.05) is 25.1 Å². The Bertz CT molecular complexity index is 1170. The highest BCUT2D eigenvalue weighted by Gasteiger charge is 2.44. The lowest BCUT2D eigenvalue weighted by Crippen LogP contribution is -2.46. The van der Waals surface area contributed by atoms with Crippen LogP contribution in [0.25, 0.3) is 0 Å². The zero-order chi connectivity index (χ0) is 24.9. The van der Waals surface area contributed by atoms with E-state index in [4.69, 9.17) is 4.74 Å². The van der Waals surface area contributed by atoms with Crippen LogP contribution in [0.4, 0.5) is 5.69 Å². The highest BCUT2D eigenvalue weighted by atomic mass is 16.5. The van der Waals surface area contributed by atoms with Gasteiger partial charge in [-0.15, -0.1) is 0 Å². The minimum Gasteiger partial charge on any atom is -0.427 e. The number of imide groups is 1. The van der Waals surface area contributed by atoms with E-state index >= 15 is 0 Å². The summed E-state index contributed by atoms with van der Waals surface area (Å²) in [6, 6.07) is 12.6. The molecule has 0 aromatic heterocycles. The highest BCUT2D eigenvalue weighted by molar-refractivity contribution is 6.23. The normalized spacial score (nSPS) is 17.8. The molecule has 1 aliphatic carbocycles. The number of allylic oxidation sites excluding steroid dienone is 1. The van der Waals surface area contributed by atoms with Crippen LogP contribution in [0, 0.1) is 6.92 Å². The molecule has 182 valence electrons. The molecule has 1 fully saturated rings. The molecule has 7 nitrogen and oxygen atoms in total. The lowest BCUT2D eigenvalue weighted by Gasteiger charge is -2.29. The Hall–Kier alpha value is -3.74. The number of carbonyl (C=O) groups is 4. The van der Waals surface area contributed by atoms with Crippen molar-refractivity contribution in [1.82, 2.24) is 4.90 Å². The summed E-state index contributed by atoms with van der Waals surface area (Å²) in [5, 5.41) is 0. The first-order valence-corrected chi connectivity index (χ1v) is 12.0. The van der Waals surface area contributed by atoms with Crippen LogP contribution < -0.4 is 9.64 Å². The van der Waals surface area contributed by atoms with Crippen molar-refractivity contribution in [3.05, 3.63) is 71.3 Å². The highest BCUT2D eigenvalue weighted by Crippen LogP contribution is 2.29. The third-order valence-electron chi connectivity index (χ3n) is 6.44. The van der Waals surface area contributed by atoms with Gasteiger partial charge in [0, 0.05) is 19.0 Å². The number of nitrogens with zero attached hydrogens (tertiary/aromatic N) is 2. The van der Waals surface area contributed by atoms with Gasteiger partial charge in [-0.2, -0.15) is 0 Å². The topological polar surface area (TPSA) is 84.0 Å².